The molecule has 1 unspecified atom stereocenters. The second kappa shape index (κ2) is 4.52. The monoisotopic (exact) mass is 229 g/mol. The summed E-state index contributed by atoms with van der Waals surface area (Å²) in [5.41, 5.74) is 1.19. The fourth-order valence-electron chi connectivity index (χ4n) is 1.94. The van der Waals surface area contributed by atoms with E-state index in [9.17, 15) is 0 Å². The van der Waals surface area contributed by atoms with Gasteiger partial charge in [-0.15, -0.1) is 0 Å². The lowest BCUT2D eigenvalue weighted by Crippen LogP contribution is -2.28. The maximum absolute atomic E-state index is 6.14. The van der Waals surface area contributed by atoms with Gasteiger partial charge in [-0.3, -0.25) is 0 Å². The number of piperidine rings is 1. The second-order valence-corrected chi connectivity index (χ2v) is 4.55. The average Bonchev–Trinajstić information content (AvgIpc) is 2.23. The molecule has 1 aromatic carbocycles. The van der Waals surface area contributed by atoms with E-state index in [0.29, 0.717) is 5.92 Å². The van der Waals surface area contributed by atoms with Crippen LogP contribution in [0.2, 0.25) is 10.0 Å². The first-order valence-corrected chi connectivity index (χ1v) is 5.68. The Kier molecular flexibility index (Phi) is 3.32. The Morgan fingerprint density at radius 2 is 2.14 bits per heavy atom. The lowest BCUT2D eigenvalue weighted by atomic mass is 9.92. The zero-order valence-corrected chi connectivity index (χ0v) is 9.41. The van der Waals surface area contributed by atoms with E-state index in [-0.39, 0.29) is 0 Å². The molecule has 0 spiro atoms. The van der Waals surface area contributed by atoms with Crippen molar-refractivity contribution in [2.75, 3.05) is 13.1 Å². The third-order valence-corrected chi connectivity index (χ3v) is 3.27. The first-order valence-electron chi connectivity index (χ1n) is 4.93. The molecule has 0 amide bonds. The summed E-state index contributed by atoms with van der Waals surface area (Å²) in [6.07, 6.45) is 2.42. The summed E-state index contributed by atoms with van der Waals surface area (Å²) >= 11 is 12.1. The highest BCUT2D eigenvalue weighted by atomic mass is 35.5. The fourth-order valence-corrected chi connectivity index (χ4v) is 2.40. The lowest BCUT2D eigenvalue weighted by Gasteiger charge is -2.24. The molecule has 0 bridgehead atoms. The fraction of sp³-hybridized carbons (Fsp3) is 0.455. The highest BCUT2D eigenvalue weighted by Gasteiger charge is 2.17. The number of benzene rings is 1. The van der Waals surface area contributed by atoms with E-state index in [4.69, 9.17) is 23.2 Å². The van der Waals surface area contributed by atoms with Gasteiger partial charge in [-0.1, -0.05) is 23.2 Å². The lowest BCUT2D eigenvalue weighted by molar-refractivity contribution is 0.462. The van der Waals surface area contributed by atoms with Crippen LogP contribution in [0.4, 0.5) is 0 Å². The van der Waals surface area contributed by atoms with Crippen molar-refractivity contribution < 1.29 is 0 Å². The molecule has 3 heteroatoms. The van der Waals surface area contributed by atoms with Crippen molar-refractivity contribution in [1.82, 2.24) is 5.32 Å². The molecular formula is C11H13Cl2N. The predicted molar refractivity (Wildman–Crippen MR) is 61.3 cm³/mol. The topological polar surface area (TPSA) is 12.0 Å². The molecule has 0 aromatic heterocycles. The quantitative estimate of drug-likeness (QED) is 0.778. The zero-order chi connectivity index (χ0) is 9.97. The molecule has 0 saturated carbocycles. The Balaban J connectivity index is 2.24. The number of rotatable bonds is 1. The molecular weight excluding hydrogens is 217 g/mol. The summed E-state index contributed by atoms with van der Waals surface area (Å²) in [7, 11) is 0. The van der Waals surface area contributed by atoms with Crippen LogP contribution in [-0.2, 0) is 0 Å². The summed E-state index contributed by atoms with van der Waals surface area (Å²) in [6, 6.07) is 5.71. The summed E-state index contributed by atoms with van der Waals surface area (Å²) in [4.78, 5) is 0. The normalized spacial score (nSPS) is 22.3. The van der Waals surface area contributed by atoms with E-state index >= 15 is 0 Å². The first kappa shape index (κ1) is 10.3. The molecule has 0 radical (unpaired) electrons. The van der Waals surface area contributed by atoms with Crippen molar-refractivity contribution in [2.45, 2.75) is 18.8 Å². The van der Waals surface area contributed by atoms with Gasteiger partial charge >= 0.3 is 0 Å². The van der Waals surface area contributed by atoms with Crippen LogP contribution in [0.5, 0.6) is 0 Å². The van der Waals surface area contributed by atoms with E-state index in [1.165, 1.54) is 18.4 Å². The van der Waals surface area contributed by atoms with Crippen molar-refractivity contribution >= 4 is 23.2 Å². The molecule has 1 atom stereocenters. The van der Waals surface area contributed by atoms with Gasteiger partial charge in [-0.25, -0.2) is 0 Å². The standard InChI is InChI=1S/C11H13Cl2N/c12-9-3-4-11(13)10(6-9)8-2-1-5-14-7-8/h3-4,6,8,14H,1-2,5,7H2. The molecule has 1 heterocycles. The van der Waals surface area contributed by atoms with Gasteiger partial charge in [0.1, 0.15) is 0 Å². The molecule has 1 nitrogen and oxygen atoms in total. The van der Waals surface area contributed by atoms with E-state index in [1.807, 2.05) is 18.2 Å². The van der Waals surface area contributed by atoms with Crippen LogP contribution in [0.1, 0.15) is 24.3 Å². The van der Waals surface area contributed by atoms with E-state index in [2.05, 4.69) is 5.32 Å². The van der Waals surface area contributed by atoms with Crippen LogP contribution >= 0.6 is 23.2 Å². The van der Waals surface area contributed by atoms with Crippen LogP contribution in [0.15, 0.2) is 18.2 Å². The second-order valence-electron chi connectivity index (χ2n) is 3.71. The van der Waals surface area contributed by atoms with Crippen molar-refractivity contribution in [2.24, 2.45) is 0 Å². The summed E-state index contributed by atoms with van der Waals surface area (Å²) in [5, 5.41) is 4.99. The van der Waals surface area contributed by atoms with Crippen molar-refractivity contribution in [3.05, 3.63) is 33.8 Å². The highest BCUT2D eigenvalue weighted by molar-refractivity contribution is 6.33. The molecule has 14 heavy (non-hydrogen) atoms. The minimum Gasteiger partial charge on any atom is -0.316 e. The molecule has 1 N–H and O–H groups in total. The number of nitrogens with one attached hydrogen (secondary N) is 1. The van der Waals surface area contributed by atoms with Gasteiger partial charge in [-0.2, -0.15) is 0 Å². The summed E-state index contributed by atoms with van der Waals surface area (Å²) in [6.45, 7) is 2.13. The molecule has 1 fully saturated rings. The Labute approximate surface area is 94.4 Å². The van der Waals surface area contributed by atoms with Crippen LogP contribution in [0.25, 0.3) is 0 Å². The van der Waals surface area contributed by atoms with Crippen LogP contribution in [-0.4, -0.2) is 13.1 Å². The molecule has 76 valence electrons. The van der Waals surface area contributed by atoms with Crippen LogP contribution < -0.4 is 5.32 Å². The number of hydrogen-bond acceptors (Lipinski definition) is 1. The summed E-state index contributed by atoms with van der Waals surface area (Å²) < 4.78 is 0. The smallest absolute Gasteiger partial charge is 0.0442 e. The summed E-state index contributed by atoms with van der Waals surface area (Å²) in [5.74, 6) is 0.523. The van der Waals surface area contributed by atoms with Gasteiger partial charge in [0.15, 0.2) is 0 Å². The molecule has 1 aliphatic rings. The van der Waals surface area contributed by atoms with Gasteiger partial charge in [0.05, 0.1) is 0 Å². The van der Waals surface area contributed by atoms with Crippen molar-refractivity contribution in [3.63, 3.8) is 0 Å². The van der Waals surface area contributed by atoms with Crippen molar-refractivity contribution in [3.8, 4) is 0 Å². The largest absolute Gasteiger partial charge is 0.316 e. The molecule has 1 saturated heterocycles. The minimum atomic E-state index is 0.523. The Morgan fingerprint density at radius 1 is 1.29 bits per heavy atom. The van der Waals surface area contributed by atoms with E-state index in [1.54, 1.807) is 0 Å². The van der Waals surface area contributed by atoms with Crippen LogP contribution in [0, 0.1) is 0 Å². The van der Waals surface area contributed by atoms with Gasteiger partial charge in [0.25, 0.3) is 0 Å². The van der Waals surface area contributed by atoms with Crippen LogP contribution in [0.3, 0.4) is 0 Å². The molecule has 1 aliphatic heterocycles. The third-order valence-electron chi connectivity index (χ3n) is 2.69. The Bertz CT molecular complexity index is 319. The first-order chi connectivity index (χ1) is 6.77. The highest BCUT2D eigenvalue weighted by Crippen LogP contribution is 2.31. The Hall–Kier alpha value is -0.240. The van der Waals surface area contributed by atoms with Gasteiger partial charge in [0.2, 0.25) is 0 Å². The predicted octanol–water partition coefficient (Wildman–Crippen LogP) is 3.46. The van der Waals surface area contributed by atoms with E-state index in [0.717, 1.165) is 23.1 Å². The Morgan fingerprint density at radius 3 is 2.86 bits per heavy atom. The number of halogens is 2. The minimum absolute atomic E-state index is 0.523. The third kappa shape index (κ3) is 2.22. The van der Waals surface area contributed by atoms with Crippen molar-refractivity contribution in [1.29, 1.82) is 0 Å². The van der Waals surface area contributed by atoms with E-state index < -0.39 is 0 Å². The number of hydrogen-bond donors (Lipinski definition) is 1. The molecule has 2 rings (SSSR count). The van der Waals surface area contributed by atoms with Gasteiger partial charge in [-0.05, 0) is 49.1 Å². The maximum atomic E-state index is 6.14. The van der Waals surface area contributed by atoms with Gasteiger partial charge in [0, 0.05) is 16.6 Å². The van der Waals surface area contributed by atoms with Gasteiger partial charge < -0.3 is 5.32 Å². The molecule has 0 aliphatic carbocycles. The zero-order valence-electron chi connectivity index (χ0n) is 7.89. The maximum Gasteiger partial charge on any atom is 0.0442 e. The molecule has 1 aromatic rings. The SMILES string of the molecule is Clc1ccc(Cl)c(C2CCCNC2)c1. The average molecular weight is 230 g/mol.